The third kappa shape index (κ3) is 5.47. The molecule has 2 aliphatic heterocycles. The van der Waals surface area contributed by atoms with Crippen LogP contribution in [0.2, 0.25) is 15.1 Å². The Labute approximate surface area is 269 Å². The van der Waals surface area contributed by atoms with Crippen molar-refractivity contribution in [3.8, 4) is 0 Å². The lowest BCUT2D eigenvalue weighted by Crippen LogP contribution is -2.58. The molecular formula is C32H22BrCl3F4N2O. The minimum absolute atomic E-state index is 0.0446. The topological polar surface area (TPSA) is 24.5 Å². The maximum absolute atomic E-state index is 16.3. The number of benzene rings is 4. The Morgan fingerprint density at radius 1 is 0.837 bits per heavy atom. The molecule has 0 radical (unpaired) electrons. The van der Waals surface area contributed by atoms with Crippen molar-refractivity contribution < 1.29 is 22.4 Å². The fourth-order valence-electron chi connectivity index (χ4n) is 5.64. The van der Waals surface area contributed by atoms with Gasteiger partial charge in [-0.15, -0.1) is 0 Å². The van der Waals surface area contributed by atoms with Crippen molar-refractivity contribution in [3.63, 3.8) is 0 Å². The normalized spacial score (nSPS) is 20.1. The Bertz CT molecular complexity index is 1640. The molecular weight excluding hydrogens is 691 g/mol. The third-order valence-electron chi connectivity index (χ3n) is 7.77. The lowest BCUT2D eigenvalue weighted by molar-refractivity contribution is -0.269. The lowest BCUT2D eigenvalue weighted by atomic mass is 9.83. The van der Waals surface area contributed by atoms with E-state index in [1.807, 2.05) is 60.7 Å². The predicted octanol–water partition coefficient (Wildman–Crippen LogP) is 10.0. The van der Waals surface area contributed by atoms with Crippen molar-refractivity contribution in [2.24, 2.45) is 0 Å². The zero-order valence-electron chi connectivity index (χ0n) is 22.1. The maximum Gasteiger partial charge on any atom is 0.428 e. The Hall–Kier alpha value is -2.59. The first kappa shape index (κ1) is 30.4. The largest absolute Gasteiger partial charge is 0.428 e. The summed E-state index contributed by atoms with van der Waals surface area (Å²) >= 11 is 21.5. The van der Waals surface area contributed by atoms with Crippen LogP contribution in [0.4, 0.5) is 17.6 Å². The van der Waals surface area contributed by atoms with Gasteiger partial charge in [-0.05, 0) is 35.4 Å². The van der Waals surface area contributed by atoms with Gasteiger partial charge in [0.25, 0.3) is 0 Å². The molecule has 222 valence electrons. The summed E-state index contributed by atoms with van der Waals surface area (Å²) in [6.45, 7) is 0.275. The zero-order chi connectivity index (χ0) is 30.6. The van der Waals surface area contributed by atoms with Gasteiger partial charge in [0, 0.05) is 34.3 Å². The summed E-state index contributed by atoms with van der Waals surface area (Å²) in [7, 11) is 0. The predicted molar refractivity (Wildman–Crippen MR) is 165 cm³/mol. The van der Waals surface area contributed by atoms with Crippen molar-refractivity contribution in [3.05, 3.63) is 144 Å². The highest BCUT2D eigenvalue weighted by Gasteiger charge is 2.60. The highest BCUT2D eigenvalue weighted by atomic mass is 79.9. The van der Waals surface area contributed by atoms with Gasteiger partial charge in [-0.25, -0.2) is 4.39 Å². The fraction of sp³-hybridized carbons (Fsp3) is 0.188. The standard InChI is InChI=1S/C32H22BrCl3F4N2O/c33-24-13-21(27-16-31(43-41-27,32(38,39)40)22-14-25(34)28(36)26(35)15-22)11-12-23(24)30(37)17-42(18-30)29(19-7-3-1-4-8-19)20-9-5-2-6-10-20/h1-16,29,41H,17-18H2. The molecule has 4 aromatic carbocycles. The minimum Gasteiger partial charge on any atom is -0.285 e. The Morgan fingerprint density at radius 3 is 1.91 bits per heavy atom. The van der Waals surface area contributed by atoms with E-state index in [4.69, 9.17) is 39.6 Å². The van der Waals surface area contributed by atoms with Crippen molar-refractivity contribution in [2.75, 3.05) is 13.1 Å². The van der Waals surface area contributed by atoms with E-state index >= 15 is 4.39 Å². The summed E-state index contributed by atoms with van der Waals surface area (Å²) in [5, 5.41) is -0.350. The highest BCUT2D eigenvalue weighted by Crippen LogP contribution is 2.50. The smallest absolute Gasteiger partial charge is 0.285 e. The highest BCUT2D eigenvalue weighted by molar-refractivity contribution is 9.10. The molecule has 3 nitrogen and oxygen atoms in total. The van der Waals surface area contributed by atoms with Gasteiger partial charge in [-0.2, -0.15) is 13.2 Å². The lowest BCUT2D eigenvalue weighted by Gasteiger charge is -2.49. The Morgan fingerprint density at radius 2 is 1.40 bits per heavy atom. The molecule has 0 amide bonds. The van der Waals surface area contributed by atoms with Gasteiger partial charge >= 0.3 is 6.18 Å². The number of alkyl halides is 4. The summed E-state index contributed by atoms with van der Waals surface area (Å²) in [5.41, 5.74) is 0.421. The van der Waals surface area contributed by atoms with E-state index in [2.05, 4.69) is 26.3 Å². The van der Waals surface area contributed by atoms with Crippen LogP contribution < -0.4 is 5.48 Å². The van der Waals surface area contributed by atoms with Crippen LogP contribution in [0.3, 0.4) is 0 Å². The van der Waals surface area contributed by atoms with Gasteiger partial charge < -0.3 is 0 Å². The summed E-state index contributed by atoms with van der Waals surface area (Å²) < 4.78 is 60.2. The van der Waals surface area contributed by atoms with Gasteiger partial charge in [0.1, 0.15) is 0 Å². The van der Waals surface area contributed by atoms with Gasteiger partial charge in [0.15, 0.2) is 5.67 Å². The number of likely N-dealkylation sites (tertiary alicyclic amines) is 1. The van der Waals surface area contributed by atoms with E-state index in [1.165, 1.54) is 0 Å². The van der Waals surface area contributed by atoms with Gasteiger partial charge in [-0.1, -0.05) is 124 Å². The summed E-state index contributed by atoms with van der Waals surface area (Å²) in [6.07, 6.45) is -3.98. The van der Waals surface area contributed by atoms with Crippen molar-refractivity contribution in [1.82, 2.24) is 10.4 Å². The molecule has 1 fully saturated rings. The van der Waals surface area contributed by atoms with Gasteiger partial charge in [0.2, 0.25) is 5.60 Å². The molecule has 1 atom stereocenters. The summed E-state index contributed by atoms with van der Waals surface area (Å²) in [5.74, 6) is 0. The van der Waals surface area contributed by atoms with E-state index in [0.29, 0.717) is 15.6 Å². The number of nitrogens with one attached hydrogen (secondary N) is 1. The molecule has 43 heavy (non-hydrogen) atoms. The third-order valence-corrected chi connectivity index (χ3v) is 9.62. The van der Waals surface area contributed by atoms with Crippen molar-refractivity contribution in [2.45, 2.75) is 23.5 Å². The molecule has 0 saturated carbocycles. The molecule has 2 aliphatic rings. The molecule has 0 bridgehead atoms. The van der Waals surface area contributed by atoms with Crippen LogP contribution in [0.25, 0.3) is 5.70 Å². The molecule has 2 heterocycles. The second-order valence-electron chi connectivity index (χ2n) is 10.5. The van der Waals surface area contributed by atoms with E-state index in [9.17, 15) is 13.2 Å². The Kier molecular flexibility index (Phi) is 8.07. The minimum atomic E-state index is -4.88. The monoisotopic (exact) mass is 710 g/mol. The molecule has 0 aromatic heterocycles. The maximum atomic E-state index is 16.3. The van der Waals surface area contributed by atoms with Gasteiger partial charge in [0.05, 0.1) is 26.8 Å². The zero-order valence-corrected chi connectivity index (χ0v) is 26.0. The first-order chi connectivity index (χ1) is 20.4. The molecule has 4 aromatic rings. The van der Waals surface area contributed by atoms with Crippen LogP contribution >= 0.6 is 50.7 Å². The second-order valence-corrected chi connectivity index (χ2v) is 12.6. The van der Waals surface area contributed by atoms with E-state index in [-0.39, 0.29) is 45.5 Å². The summed E-state index contributed by atoms with van der Waals surface area (Å²) in [6, 6.07) is 26.6. The first-order valence-corrected chi connectivity index (χ1v) is 15.1. The number of halogens is 8. The molecule has 0 spiro atoms. The van der Waals surface area contributed by atoms with Crippen LogP contribution in [0.1, 0.15) is 33.9 Å². The van der Waals surface area contributed by atoms with Crippen LogP contribution in [0.15, 0.2) is 102 Å². The van der Waals surface area contributed by atoms with Crippen LogP contribution in [0, 0.1) is 0 Å². The quantitative estimate of drug-likeness (QED) is 0.159. The second kappa shape index (κ2) is 11.4. The average Bonchev–Trinajstić information content (AvgIpc) is 3.43. The average molecular weight is 713 g/mol. The van der Waals surface area contributed by atoms with Crippen molar-refractivity contribution >= 4 is 56.4 Å². The van der Waals surface area contributed by atoms with E-state index in [0.717, 1.165) is 29.3 Å². The number of rotatable bonds is 6. The molecule has 1 N–H and O–H groups in total. The number of hydrogen-bond acceptors (Lipinski definition) is 3. The molecule has 6 rings (SSSR count). The molecule has 1 unspecified atom stereocenters. The first-order valence-electron chi connectivity index (χ1n) is 13.1. The number of hydroxylamine groups is 1. The van der Waals surface area contributed by atoms with Crippen LogP contribution in [-0.4, -0.2) is 24.2 Å². The fourth-order valence-corrected chi connectivity index (χ4v) is 6.97. The molecule has 11 heteroatoms. The SMILES string of the molecule is FC1(c2ccc(C3=CC(c4cc(Cl)c(Cl)c(Cl)c4)(C(F)(F)F)ON3)cc2Br)CN(C(c2ccccc2)c2ccccc2)C1. The van der Waals surface area contributed by atoms with Gasteiger partial charge in [-0.3, -0.25) is 15.2 Å². The number of nitrogens with zero attached hydrogens (tertiary/aromatic N) is 1. The Balaban J connectivity index is 1.28. The summed E-state index contributed by atoms with van der Waals surface area (Å²) in [4.78, 5) is 7.25. The van der Waals surface area contributed by atoms with Crippen LogP contribution in [0.5, 0.6) is 0 Å². The molecule has 0 aliphatic carbocycles. The number of hydrogen-bond donors (Lipinski definition) is 1. The van der Waals surface area contributed by atoms with Crippen molar-refractivity contribution in [1.29, 1.82) is 0 Å². The van der Waals surface area contributed by atoms with E-state index in [1.54, 1.807) is 18.2 Å². The molecule has 1 saturated heterocycles. The van der Waals surface area contributed by atoms with E-state index < -0.39 is 17.4 Å². The van der Waals surface area contributed by atoms with Crippen LogP contribution in [-0.2, 0) is 16.1 Å².